The van der Waals surface area contributed by atoms with E-state index >= 15 is 0 Å². The Morgan fingerprint density at radius 1 is 1.26 bits per heavy atom. The molecule has 1 unspecified atom stereocenters. The number of aromatic nitrogens is 4. The largest absolute Gasteiger partial charge is 0.486 e. The summed E-state index contributed by atoms with van der Waals surface area (Å²) in [5, 5.41) is 13.8. The summed E-state index contributed by atoms with van der Waals surface area (Å²) in [5.41, 5.74) is 2.93. The van der Waals surface area contributed by atoms with Gasteiger partial charge in [0.2, 0.25) is 5.91 Å². The third kappa shape index (κ3) is 3.78. The van der Waals surface area contributed by atoms with Gasteiger partial charge in [-0.25, -0.2) is 4.98 Å². The summed E-state index contributed by atoms with van der Waals surface area (Å²) < 4.78 is 13.2. The minimum absolute atomic E-state index is 0.118. The number of hydrogen-bond donors (Lipinski definition) is 1. The minimum Gasteiger partial charge on any atom is -0.486 e. The third-order valence-electron chi connectivity index (χ3n) is 6.31. The van der Waals surface area contributed by atoms with Crippen molar-refractivity contribution in [2.45, 2.75) is 44.7 Å². The van der Waals surface area contributed by atoms with Crippen molar-refractivity contribution in [3.05, 3.63) is 34.5 Å². The second kappa shape index (κ2) is 8.74. The molecule has 1 amide bonds. The van der Waals surface area contributed by atoms with E-state index in [1.165, 1.54) is 28.6 Å². The Bertz CT molecular complexity index is 1410. The number of carbonyl (C=O) groups excluding carboxylic acids is 1. The number of carbonyl (C=O) groups is 1. The quantitative estimate of drug-likeness (QED) is 0.407. The van der Waals surface area contributed by atoms with Gasteiger partial charge in [-0.15, -0.1) is 21.5 Å². The van der Waals surface area contributed by atoms with Gasteiger partial charge in [0.15, 0.2) is 22.3 Å². The fourth-order valence-corrected chi connectivity index (χ4v) is 6.80. The van der Waals surface area contributed by atoms with Gasteiger partial charge in [-0.1, -0.05) is 25.6 Å². The first-order valence-corrected chi connectivity index (χ1v) is 13.4. The zero-order valence-electron chi connectivity index (χ0n) is 19.1. The molecule has 0 radical (unpaired) electrons. The van der Waals surface area contributed by atoms with Gasteiger partial charge in [0, 0.05) is 23.1 Å². The van der Waals surface area contributed by atoms with Crippen molar-refractivity contribution < 1.29 is 14.3 Å². The smallest absolute Gasteiger partial charge is 0.234 e. The molecule has 0 saturated carbocycles. The van der Waals surface area contributed by atoms with Crippen LogP contribution < -0.4 is 14.8 Å². The molecule has 10 heteroatoms. The van der Waals surface area contributed by atoms with Gasteiger partial charge in [0.05, 0.1) is 11.1 Å². The van der Waals surface area contributed by atoms with E-state index in [-0.39, 0.29) is 11.7 Å². The molecule has 2 aliphatic rings. The van der Waals surface area contributed by atoms with Crippen LogP contribution in [0, 0.1) is 5.92 Å². The van der Waals surface area contributed by atoms with Gasteiger partial charge >= 0.3 is 0 Å². The fourth-order valence-electron chi connectivity index (χ4n) is 4.66. The standard InChI is InChI=1S/C24H25N5O3S2/c1-3-19-26-23-21(15-6-4-13(2)10-18(15)34-23)22-27-28-24(29(19)22)33-12-20(30)25-14-5-7-16-17(11-14)32-9-8-31-16/h5,7,11,13H,3-4,6,8-10,12H2,1-2H3,(H,25,30). The van der Waals surface area contributed by atoms with Gasteiger partial charge in [0.25, 0.3) is 0 Å². The Balaban J connectivity index is 1.25. The van der Waals surface area contributed by atoms with E-state index in [0.717, 1.165) is 41.0 Å². The van der Waals surface area contributed by atoms with E-state index in [4.69, 9.17) is 14.5 Å². The molecule has 6 rings (SSSR count). The van der Waals surface area contributed by atoms with Crippen molar-refractivity contribution in [3.8, 4) is 11.5 Å². The van der Waals surface area contributed by atoms with Crippen LogP contribution in [0.25, 0.3) is 15.9 Å². The number of fused-ring (bicyclic) bond motifs is 6. The zero-order valence-corrected chi connectivity index (χ0v) is 20.7. The Morgan fingerprint density at radius 2 is 2.12 bits per heavy atom. The molecule has 8 nitrogen and oxygen atoms in total. The van der Waals surface area contributed by atoms with E-state index in [9.17, 15) is 4.79 Å². The Hall–Kier alpha value is -2.85. The minimum atomic E-state index is -0.118. The molecule has 0 spiro atoms. The summed E-state index contributed by atoms with van der Waals surface area (Å²) in [6.07, 6.45) is 4.13. The Morgan fingerprint density at radius 3 is 2.97 bits per heavy atom. The van der Waals surface area contributed by atoms with Gasteiger partial charge in [-0.3, -0.25) is 9.20 Å². The van der Waals surface area contributed by atoms with Gasteiger partial charge in [-0.2, -0.15) is 0 Å². The third-order valence-corrected chi connectivity index (χ3v) is 8.39. The van der Waals surface area contributed by atoms with Crippen LogP contribution in [-0.2, 0) is 24.1 Å². The van der Waals surface area contributed by atoms with Gasteiger partial charge in [0.1, 0.15) is 23.9 Å². The van der Waals surface area contributed by atoms with E-state index in [1.54, 1.807) is 17.4 Å². The Labute approximate surface area is 205 Å². The van der Waals surface area contributed by atoms with E-state index in [2.05, 4.69) is 29.4 Å². The van der Waals surface area contributed by atoms with Gasteiger partial charge < -0.3 is 14.8 Å². The van der Waals surface area contributed by atoms with Crippen LogP contribution in [0.5, 0.6) is 11.5 Å². The van der Waals surface area contributed by atoms with Crippen LogP contribution in [0.2, 0.25) is 0 Å². The zero-order chi connectivity index (χ0) is 23.2. The second-order valence-corrected chi connectivity index (χ2v) is 10.8. The number of aryl methyl sites for hydroxylation is 2. The molecule has 1 aromatic carbocycles. The lowest BCUT2D eigenvalue weighted by Gasteiger charge is -2.19. The van der Waals surface area contributed by atoms with Crippen molar-refractivity contribution in [3.63, 3.8) is 0 Å². The number of hydrogen-bond acceptors (Lipinski definition) is 8. The number of thiophene rings is 1. The van der Waals surface area contributed by atoms with Crippen molar-refractivity contribution in [2.24, 2.45) is 5.92 Å². The highest BCUT2D eigenvalue weighted by atomic mass is 32.2. The predicted molar refractivity (Wildman–Crippen MR) is 134 cm³/mol. The number of ether oxygens (including phenoxy) is 2. The highest BCUT2D eigenvalue weighted by Crippen LogP contribution is 2.40. The maximum atomic E-state index is 12.7. The van der Waals surface area contributed by atoms with Crippen LogP contribution in [0.4, 0.5) is 5.69 Å². The topological polar surface area (TPSA) is 90.6 Å². The van der Waals surface area contributed by atoms with Gasteiger partial charge in [-0.05, 0) is 42.9 Å². The summed E-state index contributed by atoms with van der Waals surface area (Å²) in [6.45, 7) is 5.45. The second-order valence-electron chi connectivity index (χ2n) is 8.75. The van der Waals surface area contributed by atoms with E-state index in [1.807, 2.05) is 16.5 Å². The summed E-state index contributed by atoms with van der Waals surface area (Å²) >= 11 is 3.18. The number of amides is 1. The van der Waals surface area contributed by atoms with Crippen molar-refractivity contribution in [1.29, 1.82) is 0 Å². The maximum Gasteiger partial charge on any atom is 0.234 e. The first-order chi connectivity index (χ1) is 16.6. The fraction of sp³-hybridized carbons (Fsp3) is 0.417. The predicted octanol–water partition coefficient (Wildman–Crippen LogP) is 4.53. The number of anilines is 1. The highest BCUT2D eigenvalue weighted by molar-refractivity contribution is 7.99. The molecule has 1 atom stereocenters. The van der Waals surface area contributed by atoms with Crippen molar-refractivity contribution in [2.75, 3.05) is 24.3 Å². The number of rotatable bonds is 5. The van der Waals surface area contributed by atoms with E-state index in [0.29, 0.717) is 41.5 Å². The number of thioether (sulfide) groups is 1. The number of nitrogens with one attached hydrogen (secondary N) is 1. The molecule has 0 bridgehead atoms. The molecule has 0 saturated heterocycles. The first-order valence-electron chi connectivity index (χ1n) is 11.6. The van der Waals surface area contributed by atoms with Crippen LogP contribution in [-0.4, -0.2) is 44.5 Å². The maximum absolute atomic E-state index is 12.7. The lowest BCUT2D eigenvalue weighted by atomic mass is 9.89. The van der Waals surface area contributed by atoms with Crippen LogP contribution in [0.1, 0.15) is 36.5 Å². The normalized spacial score (nSPS) is 17.2. The molecule has 1 aliphatic heterocycles. The average Bonchev–Trinajstić information content (AvgIpc) is 3.42. The molecule has 176 valence electrons. The first kappa shape index (κ1) is 21.7. The summed E-state index contributed by atoms with van der Waals surface area (Å²) in [4.78, 5) is 20.2. The molecular formula is C24H25N5O3S2. The van der Waals surface area contributed by atoms with Crippen molar-refractivity contribution in [1.82, 2.24) is 19.6 Å². The molecule has 4 heterocycles. The van der Waals surface area contributed by atoms with Crippen LogP contribution in [0.15, 0.2) is 23.4 Å². The number of benzene rings is 1. The summed E-state index contributed by atoms with van der Waals surface area (Å²) in [7, 11) is 0. The average molecular weight is 496 g/mol. The molecule has 4 aromatic rings. The molecule has 1 N–H and O–H groups in total. The molecule has 34 heavy (non-hydrogen) atoms. The highest BCUT2D eigenvalue weighted by Gasteiger charge is 2.25. The monoisotopic (exact) mass is 495 g/mol. The molecule has 0 fully saturated rings. The molecule has 1 aliphatic carbocycles. The SMILES string of the molecule is CCc1nc2sc3c(c2c2nnc(SCC(=O)Nc4ccc5c(c4)OCCO5)n12)CCC(C)C3. The molecular weight excluding hydrogens is 470 g/mol. The summed E-state index contributed by atoms with van der Waals surface area (Å²) in [6, 6.07) is 5.43. The van der Waals surface area contributed by atoms with Crippen LogP contribution in [0.3, 0.4) is 0 Å². The van der Waals surface area contributed by atoms with E-state index < -0.39 is 0 Å². The number of nitrogens with zero attached hydrogens (tertiary/aromatic N) is 4. The van der Waals surface area contributed by atoms with Crippen molar-refractivity contribution >= 4 is 50.6 Å². The van der Waals surface area contributed by atoms with Crippen LogP contribution >= 0.6 is 23.1 Å². The lowest BCUT2D eigenvalue weighted by molar-refractivity contribution is -0.113. The lowest BCUT2D eigenvalue weighted by Crippen LogP contribution is -2.17. The Kier molecular flexibility index (Phi) is 5.57. The molecule has 3 aromatic heterocycles. The summed E-state index contributed by atoms with van der Waals surface area (Å²) in [5.74, 6) is 3.08.